The first-order valence-electron chi connectivity index (χ1n) is 9.66. The van der Waals surface area contributed by atoms with E-state index in [-0.39, 0.29) is 0 Å². The fraction of sp³-hybridized carbons (Fsp3) is 0.889. The fourth-order valence-electron chi connectivity index (χ4n) is 4.52. The number of fused-ring (bicyclic) bond motifs is 1. The van der Waals surface area contributed by atoms with Crippen LogP contribution in [-0.4, -0.2) is 50.3 Å². The Morgan fingerprint density at radius 3 is 2.78 bits per heavy atom. The topological polar surface area (TPSA) is 34.0 Å². The fourth-order valence-corrected chi connectivity index (χ4v) is 5.89. The molecule has 2 fully saturated rings. The molecule has 1 aromatic rings. The van der Waals surface area contributed by atoms with Gasteiger partial charge in [-0.3, -0.25) is 0 Å². The van der Waals surface area contributed by atoms with Gasteiger partial charge >= 0.3 is 0 Å². The van der Waals surface area contributed by atoms with E-state index in [0.717, 1.165) is 18.2 Å². The number of thioether (sulfide) groups is 1. The standard InChI is InChI=1S/C18H30N4S/c1-2-7-16(8-3-1)23-13-12-21-10-4-6-15(14-21)18-20-19-17-9-5-11-22(17)18/h15-16H,1-14H2/t15-/m0/s1. The smallest absolute Gasteiger partial charge is 0.137 e. The molecule has 0 spiro atoms. The number of piperidine rings is 1. The molecule has 2 aliphatic heterocycles. The van der Waals surface area contributed by atoms with Crippen molar-refractivity contribution >= 4 is 11.8 Å². The molecule has 0 aromatic carbocycles. The van der Waals surface area contributed by atoms with Crippen LogP contribution in [-0.2, 0) is 13.0 Å². The molecule has 0 unspecified atom stereocenters. The number of aryl methyl sites for hydroxylation is 1. The van der Waals surface area contributed by atoms with E-state index in [2.05, 4.69) is 31.4 Å². The summed E-state index contributed by atoms with van der Waals surface area (Å²) >= 11 is 2.23. The summed E-state index contributed by atoms with van der Waals surface area (Å²) in [5, 5.41) is 9.89. The third kappa shape index (κ3) is 3.76. The monoisotopic (exact) mass is 334 g/mol. The van der Waals surface area contributed by atoms with Crippen LogP contribution in [0.3, 0.4) is 0 Å². The largest absolute Gasteiger partial charge is 0.315 e. The molecule has 0 bridgehead atoms. The van der Waals surface area contributed by atoms with Gasteiger partial charge < -0.3 is 9.47 Å². The van der Waals surface area contributed by atoms with Gasteiger partial charge in [-0.2, -0.15) is 11.8 Å². The molecule has 128 valence electrons. The molecule has 4 rings (SSSR count). The van der Waals surface area contributed by atoms with Crippen molar-refractivity contribution in [3.63, 3.8) is 0 Å². The Bertz CT molecular complexity index is 509. The van der Waals surface area contributed by atoms with Crippen molar-refractivity contribution in [1.82, 2.24) is 19.7 Å². The maximum atomic E-state index is 4.53. The van der Waals surface area contributed by atoms with Gasteiger partial charge in [0.2, 0.25) is 0 Å². The zero-order chi connectivity index (χ0) is 15.5. The molecule has 1 aliphatic carbocycles. The zero-order valence-corrected chi connectivity index (χ0v) is 15.1. The van der Waals surface area contributed by atoms with E-state index in [1.807, 2.05) is 0 Å². The van der Waals surface area contributed by atoms with Gasteiger partial charge in [0.05, 0.1) is 0 Å². The zero-order valence-electron chi connectivity index (χ0n) is 14.3. The van der Waals surface area contributed by atoms with Crippen molar-refractivity contribution in [3.05, 3.63) is 11.6 Å². The van der Waals surface area contributed by atoms with E-state index in [0.29, 0.717) is 5.92 Å². The van der Waals surface area contributed by atoms with Crippen LogP contribution in [0.1, 0.15) is 68.9 Å². The van der Waals surface area contributed by atoms with Crippen molar-refractivity contribution in [3.8, 4) is 0 Å². The number of aromatic nitrogens is 3. The second kappa shape index (κ2) is 7.56. The third-order valence-electron chi connectivity index (χ3n) is 5.82. The Balaban J connectivity index is 1.27. The molecule has 5 heteroatoms. The third-order valence-corrected chi connectivity index (χ3v) is 7.18. The lowest BCUT2D eigenvalue weighted by Crippen LogP contribution is -2.37. The van der Waals surface area contributed by atoms with E-state index in [1.54, 1.807) is 0 Å². The predicted octanol–water partition coefficient (Wildman–Crippen LogP) is 3.47. The van der Waals surface area contributed by atoms with Crippen LogP contribution in [0.15, 0.2) is 0 Å². The van der Waals surface area contributed by atoms with Crippen LogP contribution >= 0.6 is 11.8 Å². The molecule has 3 aliphatic rings. The normalized spacial score (nSPS) is 26.5. The Morgan fingerprint density at radius 1 is 0.957 bits per heavy atom. The van der Waals surface area contributed by atoms with Gasteiger partial charge in [-0.15, -0.1) is 10.2 Å². The molecule has 1 aromatic heterocycles. The number of hydrogen-bond acceptors (Lipinski definition) is 4. The number of rotatable bonds is 5. The summed E-state index contributed by atoms with van der Waals surface area (Å²) in [6.45, 7) is 4.89. The summed E-state index contributed by atoms with van der Waals surface area (Å²) in [5.41, 5.74) is 0. The molecule has 1 saturated heterocycles. The summed E-state index contributed by atoms with van der Waals surface area (Å²) in [6.07, 6.45) is 12.3. The predicted molar refractivity (Wildman–Crippen MR) is 96.1 cm³/mol. The second-order valence-corrected chi connectivity index (χ2v) is 8.91. The minimum Gasteiger partial charge on any atom is -0.315 e. The van der Waals surface area contributed by atoms with Gasteiger partial charge in [0.25, 0.3) is 0 Å². The van der Waals surface area contributed by atoms with Crippen molar-refractivity contribution < 1.29 is 0 Å². The van der Waals surface area contributed by atoms with Gasteiger partial charge in [0.1, 0.15) is 11.6 Å². The first-order valence-corrected chi connectivity index (χ1v) is 10.7. The summed E-state index contributed by atoms with van der Waals surface area (Å²) in [5.74, 6) is 4.44. The second-order valence-electron chi connectivity index (χ2n) is 7.50. The first kappa shape index (κ1) is 15.9. The summed E-state index contributed by atoms with van der Waals surface area (Å²) in [4.78, 5) is 2.68. The van der Waals surface area contributed by atoms with Crippen LogP contribution in [0.5, 0.6) is 0 Å². The molecule has 0 amide bonds. The highest BCUT2D eigenvalue weighted by atomic mass is 32.2. The molecular weight excluding hydrogens is 304 g/mol. The molecule has 4 nitrogen and oxygen atoms in total. The lowest BCUT2D eigenvalue weighted by Gasteiger charge is -2.32. The molecular formula is C18H30N4S. The molecule has 23 heavy (non-hydrogen) atoms. The first-order chi connectivity index (χ1) is 11.4. The average molecular weight is 335 g/mol. The Labute approximate surface area is 144 Å². The molecule has 0 N–H and O–H groups in total. The van der Waals surface area contributed by atoms with Gasteiger partial charge in [0.15, 0.2) is 0 Å². The SMILES string of the molecule is C1CCC(SCCN2CCC[C@H](c3nnc4n3CCC4)C2)CC1. The van der Waals surface area contributed by atoms with E-state index < -0.39 is 0 Å². The average Bonchev–Trinajstić information content (AvgIpc) is 3.19. The summed E-state index contributed by atoms with van der Waals surface area (Å²) in [7, 11) is 0. The lowest BCUT2D eigenvalue weighted by atomic mass is 9.97. The van der Waals surface area contributed by atoms with Crippen molar-refractivity contribution in [1.29, 1.82) is 0 Å². The van der Waals surface area contributed by atoms with Crippen LogP contribution in [0.2, 0.25) is 0 Å². The molecule has 0 radical (unpaired) electrons. The van der Waals surface area contributed by atoms with E-state index in [9.17, 15) is 0 Å². The van der Waals surface area contributed by atoms with Gasteiger partial charge in [-0.1, -0.05) is 19.3 Å². The number of likely N-dealkylation sites (tertiary alicyclic amines) is 1. The summed E-state index contributed by atoms with van der Waals surface area (Å²) in [6, 6.07) is 0. The van der Waals surface area contributed by atoms with E-state index >= 15 is 0 Å². The summed E-state index contributed by atoms with van der Waals surface area (Å²) < 4.78 is 2.41. The lowest BCUT2D eigenvalue weighted by molar-refractivity contribution is 0.213. The minimum atomic E-state index is 0.614. The van der Waals surface area contributed by atoms with E-state index in [4.69, 9.17) is 0 Å². The minimum absolute atomic E-state index is 0.614. The Morgan fingerprint density at radius 2 is 1.87 bits per heavy atom. The van der Waals surface area contributed by atoms with Crippen molar-refractivity contribution in [2.45, 2.75) is 75.5 Å². The van der Waals surface area contributed by atoms with Crippen LogP contribution in [0, 0.1) is 0 Å². The molecule has 1 atom stereocenters. The molecule has 1 saturated carbocycles. The maximum absolute atomic E-state index is 4.53. The van der Waals surface area contributed by atoms with Crippen LogP contribution in [0.25, 0.3) is 0 Å². The number of hydrogen-bond donors (Lipinski definition) is 0. The van der Waals surface area contributed by atoms with Crippen molar-refractivity contribution in [2.24, 2.45) is 0 Å². The number of nitrogens with zero attached hydrogens (tertiary/aromatic N) is 4. The quantitative estimate of drug-likeness (QED) is 0.826. The highest BCUT2D eigenvalue weighted by Gasteiger charge is 2.28. The Kier molecular flexibility index (Phi) is 5.24. The van der Waals surface area contributed by atoms with Crippen LogP contribution in [0.4, 0.5) is 0 Å². The van der Waals surface area contributed by atoms with Gasteiger partial charge in [0, 0.05) is 43.0 Å². The van der Waals surface area contributed by atoms with Gasteiger partial charge in [-0.25, -0.2) is 0 Å². The van der Waals surface area contributed by atoms with Gasteiger partial charge in [-0.05, 0) is 38.6 Å². The van der Waals surface area contributed by atoms with Crippen LogP contribution < -0.4 is 0 Å². The molecule has 3 heterocycles. The van der Waals surface area contributed by atoms with Crippen molar-refractivity contribution in [2.75, 3.05) is 25.4 Å². The highest BCUT2D eigenvalue weighted by molar-refractivity contribution is 7.99. The highest BCUT2D eigenvalue weighted by Crippen LogP contribution is 2.30. The Hall–Kier alpha value is -0.550. The maximum Gasteiger partial charge on any atom is 0.137 e. The van der Waals surface area contributed by atoms with E-state index in [1.165, 1.54) is 88.4 Å².